The summed E-state index contributed by atoms with van der Waals surface area (Å²) in [6.45, 7) is 3.12. The van der Waals surface area contributed by atoms with Gasteiger partial charge in [-0.2, -0.15) is 0 Å². The molecule has 9 heteroatoms. The fraction of sp³-hybridized carbons (Fsp3) is 0.231. The van der Waals surface area contributed by atoms with E-state index in [9.17, 15) is 13.2 Å². The zero-order valence-corrected chi connectivity index (χ0v) is 21.8. The van der Waals surface area contributed by atoms with Crippen LogP contribution in [0.3, 0.4) is 0 Å². The molecule has 0 atom stereocenters. The Hall–Kier alpha value is -3.27. The molecule has 0 saturated heterocycles. The number of para-hydroxylation sites is 2. The number of hydrogen-bond donors (Lipinski definition) is 0. The Morgan fingerprint density at radius 3 is 2.20 bits per heavy atom. The molecule has 0 bridgehead atoms. The summed E-state index contributed by atoms with van der Waals surface area (Å²) in [4.78, 5) is 22.1. The number of anilines is 2. The summed E-state index contributed by atoms with van der Waals surface area (Å²) >= 11 is 1.48. The van der Waals surface area contributed by atoms with E-state index in [1.54, 1.807) is 41.3 Å². The van der Waals surface area contributed by atoms with Gasteiger partial charge in [0, 0.05) is 25.7 Å². The third kappa shape index (κ3) is 5.22. The van der Waals surface area contributed by atoms with Crippen molar-refractivity contribution in [2.45, 2.75) is 11.8 Å². The second-order valence-electron chi connectivity index (χ2n) is 8.51. The Bertz CT molecular complexity index is 1430. The summed E-state index contributed by atoms with van der Waals surface area (Å²) in [5.41, 5.74) is 2.91. The van der Waals surface area contributed by atoms with Crippen LogP contribution < -0.4 is 9.21 Å². The molecule has 35 heavy (non-hydrogen) atoms. The molecule has 0 spiro atoms. The van der Waals surface area contributed by atoms with Crippen molar-refractivity contribution in [3.63, 3.8) is 0 Å². The number of carbonyl (C=O) groups excluding carboxylic acids is 1. The molecule has 182 valence electrons. The lowest BCUT2D eigenvalue weighted by Gasteiger charge is -2.22. The highest BCUT2D eigenvalue weighted by molar-refractivity contribution is 7.92. The lowest BCUT2D eigenvalue weighted by molar-refractivity contribution is 0.0985. The van der Waals surface area contributed by atoms with Crippen molar-refractivity contribution in [3.8, 4) is 0 Å². The molecule has 1 heterocycles. The van der Waals surface area contributed by atoms with Crippen LogP contribution in [-0.2, 0) is 10.0 Å². The minimum Gasteiger partial charge on any atom is -0.308 e. The molecular formula is C26H28N4O3S2. The molecule has 0 unspecified atom stereocenters. The Morgan fingerprint density at radius 2 is 1.57 bits per heavy atom. The normalized spacial score (nSPS) is 11.7. The third-order valence-corrected chi connectivity index (χ3v) is 8.58. The monoisotopic (exact) mass is 508 g/mol. The quantitative estimate of drug-likeness (QED) is 0.347. The van der Waals surface area contributed by atoms with Crippen molar-refractivity contribution in [2.75, 3.05) is 43.4 Å². The number of fused-ring (bicyclic) bond motifs is 1. The molecule has 0 radical (unpaired) electrons. The SMILES string of the molecule is Cc1cccc2sc(N(CCN(C)C)C(=O)c3ccc(S(=O)(=O)N(C)c4ccccc4)cc3)nc12. The van der Waals surface area contributed by atoms with Gasteiger partial charge in [0.15, 0.2) is 5.13 Å². The molecule has 0 fully saturated rings. The first-order chi connectivity index (χ1) is 16.7. The van der Waals surface area contributed by atoms with Crippen molar-refractivity contribution in [1.82, 2.24) is 9.88 Å². The fourth-order valence-corrected chi connectivity index (χ4v) is 5.90. The molecule has 4 rings (SSSR count). The number of rotatable bonds is 8. The van der Waals surface area contributed by atoms with Crippen molar-refractivity contribution < 1.29 is 13.2 Å². The smallest absolute Gasteiger partial charge is 0.264 e. The van der Waals surface area contributed by atoms with Gasteiger partial charge in [-0.25, -0.2) is 13.4 Å². The first kappa shape index (κ1) is 24.8. The molecule has 0 N–H and O–H groups in total. The second-order valence-corrected chi connectivity index (χ2v) is 11.5. The van der Waals surface area contributed by atoms with Gasteiger partial charge < -0.3 is 4.90 Å². The van der Waals surface area contributed by atoms with E-state index in [1.165, 1.54) is 34.8 Å². The highest BCUT2D eigenvalue weighted by Crippen LogP contribution is 2.31. The van der Waals surface area contributed by atoms with E-state index in [0.29, 0.717) is 29.5 Å². The molecule has 0 aliphatic rings. The fourth-order valence-electron chi connectivity index (χ4n) is 3.63. The number of amides is 1. The predicted octanol–water partition coefficient (Wildman–Crippen LogP) is 4.64. The maximum Gasteiger partial charge on any atom is 0.264 e. The summed E-state index contributed by atoms with van der Waals surface area (Å²) in [6, 6.07) is 21.0. The van der Waals surface area contributed by atoms with Crippen LogP contribution in [0.1, 0.15) is 15.9 Å². The first-order valence-corrected chi connectivity index (χ1v) is 13.4. The molecule has 0 saturated carbocycles. The number of hydrogen-bond acceptors (Lipinski definition) is 6. The van der Waals surface area contributed by atoms with E-state index in [1.807, 2.05) is 50.2 Å². The number of likely N-dealkylation sites (N-methyl/N-ethyl adjacent to an activating group) is 1. The van der Waals surface area contributed by atoms with Gasteiger partial charge in [0.1, 0.15) is 0 Å². The third-order valence-electron chi connectivity index (χ3n) is 5.74. The molecule has 1 amide bonds. The predicted molar refractivity (Wildman–Crippen MR) is 143 cm³/mol. The minimum atomic E-state index is -3.76. The first-order valence-electron chi connectivity index (χ1n) is 11.2. The highest BCUT2D eigenvalue weighted by atomic mass is 32.2. The maximum absolute atomic E-state index is 13.6. The second kappa shape index (κ2) is 10.2. The Kier molecular flexibility index (Phi) is 7.20. The average molecular weight is 509 g/mol. The number of thiazole rings is 1. The topological polar surface area (TPSA) is 73.8 Å². The van der Waals surface area contributed by atoms with Crippen molar-refractivity contribution >= 4 is 48.3 Å². The molecule has 7 nitrogen and oxygen atoms in total. The van der Waals surface area contributed by atoms with Gasteiger partial charge in [-0.15, -0.1) is 0 Å². The Balaban J connectivity index is 1.64. The van der Waals surface area contributed by atoms with Crippen LogP contribution >= 0.6 is 11.3 Å². The van der Waals surface area contributed by atoms with Crippen molar-refractivity contribution in [1.29, 1.82) is 0 Å². The summed E-state index contributed by atoms with van der Waals surface area (Å²) in [5.74, 6) is -0.219. The number of sulfonamides is 1. The molecule has 1 aromatic heterocycles. The van der Waals surface area contributed by atoms with Crippen LogP contribution in [0.25, 0.3) is 10.2 Å². The number of aryl methyl sites for hydroxylation is 1. The minimum absolute atomic E-state index is 0.121. The van der Waals surface area contributed by atoms with Gasteiger partial charge in [-0.05, 0) is 69.0 Å². The molecule has 3 aromatic carbocycles. The number of aromatic nitrogens is 1. The average Bonchev–Trinajstić information content (AvgIpc) is 3.29. The summed E-state index contributed by atoms with van der Waals surface area (Å²) in [7, 11) is 1.66. The zero-order valence-electron chi connectivity index (χ0n) is 20.2. The van der Waals surface area contributed by atoms with Crippen molar-refractivity contribution in [3.05, 3.63) is 83.9 Å². The van der Waals surface area contributed by atoms with E-state index in [0.717, 1.165) is 15.8 Å². The Morgan fingerprint density at radius 1 is 0.886 bits per heavy atom. The standard InChI is InChI=1S/C26H28N4O3S2/c1-19-9-8-12-23-24(19)27-26(34-23)30(18-17-28(2)3)25(31)20-13-15-22(16-14-20)35(32,33)29(4)21-10-6-5-7-11-21/h5-16H,17-18H2,1-4H3. The van der Waals surface area contributed by atoms with Crippen LogP contribution in [0.15, 0.2) is 77.7 Å². The van der Waals surface area contributed by atoms with Crippen molar-refractivity contribution in [2.24, 2.45) is 0 Å². The summed E-state index contributed by atoms with van der Waals surface area (Å²) in [6.07, 6.45) is 0. The van der Waals surface area contributed by atoms with E-state index >= 15 is 0 Å². The van der Waals surface area contributed by atoms with Crippen LogP contribution in [-0.4, -0.2) is 58.4 Å². The number of carbonyl (C=O) groups is 1. The maximum atomic E-state index is 13.6. The van der Waals surface area contributed by atoms with E-state index in [4.69, 9.17) is 4.98 Å². The van der Waals surface area contributed by atoms with Crippen LogP contribution in [0.5, 0.6) is 0 Å². The number of benzene rings is 3. The largest absolute Gasteiger partial charge is 0.308 e. The van der Waals surface area contributed by atoms with E-state index in [-0.39, 0.29) is 10.8 Å². The zero-order chi connectivity index (χ0) is 25.2. The van der Waals surface area contributed by atoms with Gasteiger partial charge in [-0.3, -0.25) is 14.0 Å². The van der Waals surface area contributed by atoms with Crippen LogP contribution in [0.4, 0.5) is 10.8 Å². The van der Waals surface area contributed by atoms with Gasteiger partial charge in [0.25, 0.3) is 15.9 Å². The lowest BCUT2D eigenvalue weighted by Crippen LogP contribution is -2.36. The molecule has 0 aliphatic carbocycles. The van der Waals surface area contributed by atoms with Gasteiger partial charge in [-0.1, -0.05) is 41.7 Å². The Labute approximate surface area is 210 Å². The number of nitrogens with zero attached hydrogens (tertiary/aromatic N) is 4. The highest BCUT2D eigenvalue weighted by Gasteiger charge is 2.24. The van der Waals surface area contributed by atoms with E-state index in [2.05, 4.69) is 0 Å². The van der Waals surface area contributed by atoms with Gasteiger partial charge in [0.2, 0.25) is 0 Å². The van der Waals surface area contributed by atoms with E-state index < -0.39 is 10.0 Å². The summed E-state index contributed by atoms with van der Waals surface area (Å²) < 4.78 is 28.4. The van der Waals surface area contributed by atoms with Gasteiger partial charge >= 0.3 is 0 Å². The molecule has 0 aliphatic heterocycles. The van der Waals surface area contributed by atoms with Gasteiger partial charge in [0.05, 0.1) is 20.8 Å². The molecular weight excluding hydrogens is 480 g/mol. The lowest BCUT2D eigenvalue weighted by atomic mass is 10.2. The molecule has 4 aromatic rings. The summed E-state index contributed by atoms with van der Waals surface area (Å²) in [5, 5.41) is 0.627. The van der Waals surface area contributed by atoms with Crippen LogP contribution in [0.2, 0.25) is 0 Å². The van der Waals surface area contributed by atoms with Crippen LogP contribution in [0, 0.1) is 6.92 Å².